The summed E-state index contributed by atoms with van der Waals surface area (Å²) in [6.07, 6.45) is 9.97. The van der Waals surface area contributed by atoms with Crippen LogP contribution in [0.4, 0.5) is 0 Å². The van der Waals surface area contributed by atoms with Crippen LogP contribution in [-0.2, 0) is 9.59 Å². The minimum Gasteiger partial charge on any atom is -0.298 e. The van der Waals surface area contributed by atoms with Crippen molar-refractivity contribution in [2.45, 2.75) is 6.42 Å². The molecular weight excluding hydrogens is 164 g/mol. The van der Waals surface area contributed by atoms with Gasteiger partial charge in [0.1, 0.15) is 6.29 Å². The number of fused-ring (bicyclic) bond motifs is 1. The van der Waals surface area contributed by atoms with Crippen LogP contribution in [0.5, 0.6) is 0 Å². The molecule has 0 N–H and O–H groups in total. The van der Waals surface area contributed by atoms with E-state index in [9.17, 15) is 9.59 Å². The van der Waals surface area contributed by atoms with Crippen molar-refractivity contribution in [2.75, 3.05) is 0 Å². The third-order valence-corrected chi connectivity index (χ3v) is 2.14. The SMILES string of the molecule is O=CC1=CC=C2C=CC(=O)C=C2C1. The summed E-state index contributed by atoms with van der Waals surface area (Å²) in [7, 11) is 0. The van der Waals surface area contributed by atoms with Crippen LogP contribution in [0.1, 0.15) is 6.42 Å². The van der Waals surface area contributed by atoms with E-state index in [0.29, 0.717) is 6.42 Å². The molecule has 2 rings (SSSR count). The number of hydrogen-bond acceptors (Lipinski definition) is 2. The maximum absolute atomic E-state index is 11.0. The summed E-state index contributed by atoms with van der Waals surface area (Å²) in [5.74, 6) is -0.000649. The molecule has 0 bridgehead atoms. The summed E-state index contributed by atoms with van der Waals surface area (Å²) in [5, 5.41) is 0. The normalized spacial score (nSPS) is 20.0. The first-order chi connectivity index (χ1) is 6.29. The van der Waals surface area contributed by atoms with E-state index < -0.39 is 0 Å². The molecule has 0 fully saturated rings. The van der Waals surface area contributed by atoms with E-state index in [1.54, 1.807) is 18.2 Å². The Morgan fingerprint density at radius 1 is 1.23 bits per heavy atom. The Bertz CT molecular complexity index is 392. The lowest BCUT2D eigenvalue weighted by Gasteiger charge is -2.14. The van der Waals surface area contributed by atoms with E-state index >= 15 is 0 Å². The van der Waals surface area contributed by atoms with Gasteiger partial charge in [-0.3, -0.25) is 9.59 Å². The molecule has 2 aliphatic rings. The third-order valence-electron chi connectivity index (χ3n) is 2.14. The maximum atomic E-state index is 11.0. The summed E-state index contributed by atoms with van der Waals surface area (Å²) in [5.41, 5.74) is 2.69. The molecule has 0 aliphatic heterocycles. The standard InChI is InChI=1S/C11H8O2/c12-7-8-1-2-9-3-4-11(13)6-10(9)5-8/h1-4,6-7H,5H2. The average molecular weight is 172 g/mol. The summed E-state index contributed by atoms with van der Waals surface area (Å²) >= 11 is 0. The van der Waals surface area contributed by atoms with E-state index in [1.165, 1.54) is 6.08 Å². The topological polar surface area (TPSA) is 34.1 Å². The highest BCUT2D eigenvalue weighted by Gasteiger charge is 2.13. The fraction of sp³-hybridized carbons (Fsp3) is 0.0909. The van der Waals surface area contributed by atoms with E-state index in [1.807, 2.05) is 6.08 Å². The molecular formula is C11H8O2. The van der Waals surface area contributed by atoms with E-state index in [4.69, 9.17) is 0 Å². The molecule has 2 heteroatoms. The van der Waals surface area contributed by atoms with E-state index in [0.717, 1.165) is 23.0 Å². The number of carbonyl (C=O) groups excluding carboxylic acids is 2. The number of carbonyl (C=O) groups is 2. The first-order valence-electron chi connectivity index (χ1n) is 4.08. The molecule has 0 heterocycles. The van der Waals surface area contributed by atoms with E-state index in [2.05, 4.69) is 0 Å². The van der Waals surface area contributed by atoms with Gasteiger partial charge in [-0.1, -0.05) is 18.2 Å². The van der Waals surface area contributed by atoms with Gasteiger partial charge in [-0.05, 0) is 28.9 Å². The largest absolute Gasteiger partial charge is 0.298 e. The molecule has 0 radical (unpaired) electrons. The molecule has 2 nitrogen and oxygen atoms in total. The van der Waals surface area contributed by atoms with Gasteiger partial charge in [0, 0.05) is 6.42 Å². The first kappa shape index (κ1) is 7.92. The number of hydrogen-bond donors (Lipinski definition) is 0. The van der Waals surface area contributed by atoms with Crippen molar-refractivity contribution in [3.05, 3.63) is 47.1 Å². The van der Waals surface area contributed by atoms with Crippen LogP contribution in [0.2, 0.25) is 0 Å². The quantitative estimate of drug-likeness (QED) is 0.562. The van der Waals surface area contributed by atoms with Crippen molar-refractivity contribution < 1.29 is 9.59 Å². The number of allylic oxidation sites excluding steroid dienone is 8. The third kappa shape index (κ3) is 1.43. The zero-order chi connectivity index (χ0) is 9.26. The molecule has 0 aromatic rings. The Balaban J connectivity index is 2.40. The molecule has 0 aromatic carbocycles. The highest BCUT2D eigenvalue weighted by molar-refractivity contribution is 6.02. The van der Waals surface area contributed by atoms with Gasteiger partial charge < -0.3 is 0 Å². The molecule has 0 spiro atoms. The fourth-order valence-electron chi connectivity index (χ4n) is 1.45. The summed E-state index contributed by atoms with van der Waals surface area (Å²) in [6.45, 7) is 0. The number of ketones is 1. The fourth-order valence-corrected chi connectivity index (χ4v) is 1.45. The molecule has 0 saturated carbocycles. The second-order valence-corrected chi connectivity index (χ2v) is 3.06. The highest BCUT2D eigenvalue weighted by atomic mass is 16.1. The van der Waals surface area contributed by atoms with Crippen molar-refractivity contribution in [1.82, 2.24) is 0 Å². The van der Waals surface area contributed by atoms with Crippen LogP contribution in [-0.4, -0.2) is 12.1 Å². The molecule has 64 valence electrons. The number of rotatable bonds is 1. The molecule has 0 amide bonds. The minimum atomic E-state index is -0.000649. The van der Waals surface area contributed by atoms with Gasteiger partial charge in [0.2, 0.25) is 0 Å². The van der Waals surface area contributed by atoms with Gasteiger partial charge >= 0.3 is 0 Å². The summed E-state index contributed by atoms with van der Waals surface area (Å²) < 4.78 is 0. The summed E-state index contributed by atoms with van der Waals surface area (Å²) in [6, 6.07) is 0. The zero-order valence-corrected chi connectivity index (χ0v) is 6.99. The van der Waals surface area contributed by atoms with Crippen LogP contribution < -0.4 is 0 Å². The van der Waals surface area contributed by atoms with Gasteiger partial charge in [0.15, 0.2) is 5.78 Å². The lowest BCUT2D eigenvalue weighted by Crippen LogP contribution is -2.04. The van der Waals surface area contributed by atoms with Gasteiger partial charge in [-0.2, -0.15) is 0 Å². The molecule has 2 aliphatic carbocycles. The maximum Gasteiger partial charge on any atom is 0.178 e. The van der Waals surface area contributed by atoms with Crippen molar-refractivity contribution in [3.63, 3.8) is 0 Å². The van der Waals surface area contributed by atoms with Crippen LogP contribution in [0, 0.1) is 0 Å². The second kappa shape index (κ2) is 2.98. The Kier molecular flexibility index (Phi) is 1.81. The lowest BCUT2D eigenvalue weighted by molar-refractivity contribution is -0.110. The smallest absolute Gasteiger partial charge is 0.178 e. The van der Waals surface area contributed by atoms with Crippen molar-refractivity contribution >= 4 is 12.1 Å². The minimum absolute atomic E-state index is 0.000649. The van der Waals surface area contributed by atoms with Crippen LogP contribution in [0.25, 0.3) is 0 Å². The Morgan fingerprint density at radius 2 is 2.08 bits per heavy atom. The predicted octanol–water partition coefficient (Wildman–Crippen LogP) is 1.51. The summed E-state index contributed by atoms with van der Waals surface area (Å²) in [4.78, 5) is 21.5. The second-order valence-electron chi connectivity index (χ2n) is 3.06. The van der Waals surface area contributed by atoms with Crippen molar-refractivity contribution in [1.29, 1.82) is 0 Å². The van der Waals surface area contributed by atoms with Crippen LogP contribution in [0.15, 0.2) is 47.1 Å². The Morgan fingerprint density at radius 3 is 2.85 bits per heavy atom. The molecule has 0 saturated heterocycles. The lowest BCUT2D eigenvalue weighted by atomic mass is 9.89. The predicted molar refractivity (Wildman–Crippen MR) is 49.1 cm³/mol. The first-order valence-corrected chi connectivity index (χ1v) is 4.08. The molecule has 13 heavy (non-hydrogen) atoms. The number of aldehydes is 1. The molecule has 0 unspecified atom stereocenters. The zero-order valence-electron chi connectivity index (χ0n) is 6.99. The van der Waals surface area contributed by atoms with Crippen LogP contribution in [0.3, 0.4) is 0 Å². The Labute approximate surface area is 75.9 Å². The van der Waals surface area contributed by atoms with Gasteiger partial charge in [0.25, 0.3) is 0 Å². The van der Waals surface area contributed by atoms with Gasteiger partial charge in [-0.15, -0.1) is 0 Å². The van der Waals surface area contributed by atoms with Crippen LogP contribution >= 0.6 is 0 Å². The van der Waals surface area contributed by atoms with Crippen molar-refractivity contribution in [2.24, 2.45) is 0 Å². The molecule has 0 aromatic heterocycles. The van der Waals surface area contributed by atoms with E-state index in [-0.39, 0.29) is 5.78 Å². The highest BCUT2D eigenvalue weighted by Crippen LogP contribution is 2.26. The average Bonchev–Trinajstić information content (AvgIpc) is 2.16. The molecule has 0 atom stereocenters. The van der Waals surface area contributed by atoms with Gasteiger partial charge in [-0.25, -0.2) is 0 Å². The monoisotopic (exact) mass is 172 g/mol. The Hall–Kier alpha value is -1.70. The van der Waals surface area contributed by atoms with Gasteiger partial charge in [0.05, 0.1) is 0 Å². The van der Waals surface area contributed by atoms with Crippen molar-refractivity contribution in [3.8, 4) is 0 Å².